The van der Waals surface area contributed by atoms with E-state index in [1.165, 1.54) is 4.88 Å². The molecule has 0 aliphatic carbocycles. The molecule has 0 aromatic carbocycles. The molecule has 1 aliphatic rings. The Morgan fingerprint density at radius 3 is 2.60 bits per heavy atom. The lowest BCUT2D eigenvalue weighted by molar-refractivity contribution is 0.0427. The van der Waals surface area contributed by atoms with Crippen LogP contribution in [0.25, 0.3) is 21.6 Å². The Morgan fingerprint density at radius 1 is 1.23 bits per heavy atom. The molecule has 10 heteroatoms. The minimum Gasteiger partial charge on any atom is -0.389 e. The fraction of sp³-hybridized carbons (Fsp3) is 0.500. The molecule has 0 saturated carbocycles. The maximum Gasteiger partial charge on any atom is 0.219 e. The third-order valence-electron chi connectivity index (χ3n) is 4.73. The van der Waals surface area contributed by atoms with Gasteiger partial charge in [0, 0.05) is 43.4 Å². The number of rotatable bonds is 6. The van der Waals surface area contributed by atoms with Gasteiger partial charge in [-0.1, -0.05) is 0 Å². The summed E-state index contributed by atoms with van der Waals surface area (Å²) in [5.41, 5.74) is 6.51. The lowest BCUT2D eigenvalue weighted by atomic mass is 10.1. The number of nitrogen functional groups attached to an aromatic ring is 1. The van der Waals surface area contributed by atoms with Gasteiger partial charge in [0.05, 0.1) is 34.6 Å². The molecular formula is C20H27N7O2S. The average molecular weight is 430 g/mol. The van der Waals surface area contributed by atoms with Crippen molar-refractivity contribution in [1.82, 2.24) is 24.8 Å². The number of aliphatic hydroxyl groups is 1. The number of thiophene rings is 1. The normalized spacial score (nSPS) is 15.3. The number of nitrogens with zero attached hydrogens (tertiary/aromatic N) is 6. The highest BCUT2D eigenvalue weighted by atomic mass is 32.1. The van der Waals surface area contributed by atoms with Crippen LogP contribution < -0.4 is 10.6 Å². The molecule has 0 unspecified atom stereocenters. The summed E-state index contributed by atoms with van der Waals surface area (Å²) in [6.45, 7) is 7.88. The molecule has 3 N–H and O–H groups in total. The third-order valence-corrected chi connectivity index (χ3v) is 5.83. The molecular weight excluding hydrogens is 402 g/mol. The molecule has 0 amide bonds. The fourth-order valence-electron chi connectivity index (χ4n) is 3.60. The highest BCUT2D eigenvalue weighted by Crippen LogP contribution is 2.34. The van der Waals surface area contributed by atoms with E-state index in [0.29, 0.717) is 25.6 Å². The van der Waals surface area contributed by atoms with E-state index in [-0.39, 0.29) is 5.95 Å². The van der Waals surface area contributed by atoms with Gasteiger partial charge in [-0.05, 0) is 27.0 Å². The van der Waals surface area contributed by atoms with E-state index in [1.807, 2.05) is 20.9 Å². The average Bonchev–Trinajstić information content (AvgIpc) is 3.09. The molecule has 4 rings (SSSR count). The number of likely N-dealkylation sites (N-methyl/N-ethyl adjacent to an activating group) is 1. The van der Waals surface area contributed by atoms with E-state index in [0.717, 1.165) is 41.2 Å². The van der Waals surface area contributed by atoms with Gasteiger partial charge in [0.15, 0.2) is 11.6 Å². The SMILES string of the molecule is CN(Cc1cc2nc(-c3cnc(N)nc3)nc(N3CCOCC3)c2s1)CC(C)(C)O. The monoisotopic (exact) mass is 429 g/mol. The number of ether oxygens (including phenoxy) is 1. The van der Waals surface area contributed by atoms with Gasteiger partial charge in [0.1, 0.15) is 0 Å². The fourth-order valence-corrected chi connectivity index (χ4v) is 4.79. The first-order valence-electron chi connectivity index (χ1n) is 9.90. The number of hydrogen-bond acceptors (Lipinski definition) is 10. The molecule has 9 nitrogen and oxygen atoms in total. The van der Waals surface area contributed by atoms with Crippen LogP contribution in [0.15, 0.2) is 18.5 Å². The summed E-state index contributed by atoms with van der Waals surface area (Å²) in [6.07, 6.45) is 3.30. The predicted octanol–water partition coefficient (Wildman–Crippen LogP) is 1.77. The second-order valence-electron chi connectivity index (χ2n) is 8.21. The van der Waals surface area contributed by atoms with Crippen LogP contribution in [-0.2, 0) is 11.3 Å². The van der Waals surface area contributed by atoms with Crippen molar-refractivity contribution in [2.75, 3.05) is 50.5 Å². The summed E-state index contributed by atoms with van der Waals surface area (Å²) in [5.74, 6) is 1.72. The van der Waals surface area contributed by atoms with Crippen LogP contribution in [0.5, 0.6) is 0 Å². The second-order valence-corrected chi connectivity index (χ2v) is 9.35. The van der Waals surface area contributed by atoms with Gasteiger partial charge in [-0.25, -0.2) is 19.9 Å². The molecule has 1 aliphatic heterocycles. The zero-order valence-corrected chi connectivity index (χ0v) is 18.3. The molecule has 3 aromatic rings. The molecule has 0 spiro atoms. The largest absolute Gasteiger partial charge is 0.389 e. The van der Waals surface area contributed by atoms with Crippen LogP contribution in [0, 0.1) is 0 Å². The van der Waals surface area contributed by atoms with Gasteiger partial charge < -0.3 is 20.5 Å². The Kier molecular flexibility index (Phi) is 5.83. The highest BCUT2D eigenvalue weighted by molar-refractivity contribution is 7.19. The second kappa shape index (κ2) is 8.38. The Hall–Kier alpha value is -2.40. The lowest BCUT2D eigenvalue weighted by Crippen LogP contribution is -2.36. The smallest absolute Gasteiger partial charge is 0.219 e. The van der Waals surface area contributed by atoms with Crippen molar-refractivity contribution < 1.29 is 9.84 Å². The Morgan fingerprint density at radius 2 is 1.93 bits per heavy atom. The zero-order chi connectivity index (χ0) is 21.3. The highest BCUT2D eigenvalue weighted by Gasteiger charge is 2.21. The number of hydrogen-bond donors (Lipinski definition) is 2. The standard InChI is InChI=1S/C20H27N7O2S/c1-20(2,28)12-26(3)11-14-8-15-16(30-14)18(27-4-6-29-7-5-27)25-17(24-15)13-9-22-19(21)23-10-13/h8-10,28H,4-7,11-12H2,1-3H3,(H2,21,22,23). The first-order chi connectivity index (χ1) is 14.3. The van der Waals surface area contributed by atoms with E-state index in [1.54, 1.807) is 23.7 Å². The minimum atomic E-state index is -0.744. The van der Waals surface area contributed by atoms with Crippen molar-refractivity contribution in [3.05, 3.63) is 23.3 Å². The Bertz CT molecular complexity index is 1010. The van der Waals surface area contributed by atoms with Crippen LogP contribution in [0.3, 0.4) is 0 Å². The van der Waals surface area contributed by atoms with Crippen LogP contribution in [0.2, 0.25) is 0 Å². The van der Waals surface area contributed by atoms with Crippen molar-refractivity contribution in [2.45, 2.75) is 26.0 Å². The first kappa shape index (κ1) is 20.9. The number of aromatic nitrogens is 4. The van der Waals surface area contributed by atoms with Crippen LogP contribution in [0.1, 0.15) is 18.7 Å². The van der Waals surface area contributed by atoms with Gasteiger partial charge >= 0.3 is 0 Å². The van der Waals surface area contributed by atoms with E-state index >= 15 is 0 Å². The van der Waals surface area contributed by atoms with Gasteiger partial charge in [-0.3, -0.25) is 4.90 Å². The first-order valence-corrected chi connectivity index (χ1v) is 10.7. The minimum absolute atomic E-state index is 0.223. The van der Waals surface area contributed by atoms with Crippen molar-refractivity contribution in [3.8, 4) is 11.4 Å². The molecule has 1 saturated heterocycles. The molecule has 0 radical (unpaired) electrons. The predicted molar refractivity (Wildman–Crippen MR) is 119 cm³/mol. The third kappa shape index (κ3) is 4.84. The molecule has 0 atom stereocenters. The summed E-state index contributed by atoms with van der Waals surface area (Å²) in [7, 11) is 2.01. The molecule has 30 heavy (non-hydrogen) atoms. The maximum atomic E-state index is 10.1. The maximum absolute atomic E-state index is 10.1. The Labute approximate surface area is 179 Å². The van der Waals surface area contributed by atoms with E-state index in [9.17, 15) is 5.11 Å². The molecule has 160 valence electrons. The molecule has 1 fully saturated rings. The van der Waals surface area contributed by atoms with E-state index in [2.05, 4.69) is 25.8 Å². The van der Waals surface area contributed by atoms with Gasteiger partial charge in [0.25, 0.3) is 0 Å². The van der Waals surface area contributed by atoms with E-state index < -0.39 is 5.60 Å². The van der Waals surface area contributed by atoms with Gasteiger partial charge in [-0.2, -0.15) is 0 Å². The molecule has 3 aromatic heterocycles. The number of morpholine rings is 1. The summed E-state index contributed by atoms with van der Waals surface area (Å²) in [5, 5.41) is 10.1. The van der Waals surface area contributed by atoms with Crippen LogP contribution >= 0.6 is 11.3 Å². The van der Waals surface area contributed by atoms with Gasteiger partial charge in [0.2, 0.25) is 5.95 Å². The van der Waals surface area contributed by atoms with Crippen molar-refractivity contribution in [2.24, 2.45) is 0 Å². The zero-order valence-electron chi connectivity index (χ0n) is 17.5. The van der Waals surface area contributed by atoms with Crippen molar-refractivity contribution in [1.29, 1.82) is 0 Å². The lowest BCUT2D eigenvalue weighted by Gasteiger charge is -2.28. The number of nitrogens with two attached hydrogens (primary N) is 1. The summed E-state index contributed by atoms with van der Waals surface area (Å²) < 4.78 is 6.58. The quantitative estimate of drug-likeness (QED) is 0.605. The summed E-state index contributed by atoms with van der Waals surface area (Å²) >= 11 is 1.70. The summed E-state index contributed by atoms with van der Waals surface area (Å²) in [4.78, 5) is 23.4. The molecule has 0 bridgehead atoms. The van der Waals surface area contributed by atoms with Crippen LogP contribution in [-0.4, -0.2) is 75.4 Å². The number of anilines is 2. The Balaban J connectivity index is 1.73. The summed E-state index contributed by atoms with van der Waals surface area (Å²) in [6, 6.07) is 2.11. The number of fused-ring (bicyclic) bond motifs is 1. The van der Waals surface area contributed by atoms with Gasteiger partial charge in [-0.15, -0.1) is 11.3 Å². The van der Waals surface area contributed by atoms with E-state index in [4.69, 9.17) is 20.4 Å². The topological polar surface area (TPSA) is 114 Å². The van der Waals surface area contributed by atoms with Crippen molar-refractivity contribution >= 4 is 33.3 Å². The van der Waals surface area contributed by atoms with Crippen molar-refractivity contribution in [3.63, 3.8) is 0 Å². The van der Waals surface area contributed by atoms with Crippen LogP contribution in [0.4, 0.5) is 11.8 Å². The molecule has 4 heterocycles.